The number of halogens is 4. The van der Waals surface area contributed by atoms with Crippen molar-refractivity contribution in [2.24, 2.45) is 0 Å². The highest BCUT2D eigenvalue weighted by Crippen LogP contribution is 2.36. The van der Waals surface area contributed by atoms with Crippen molar-refractivity contribution in [3.05, 3.63) is 53.1 Å². The Morgan fingerprint density at radius 3 is 2.00 bits per heavy atom. The highest BCUT2D eigenvalue weighted by Gasteiger charge is 2.33. The van der Waals surface area contributed by atoms with Gasteiger partial charge in [0.15, 0.2) is 0 Å². The van der Waals surface area contributed by atoms with Gasteiger partial charge in [0, 0.05) is 43.6 Å². The summed E-state index contributed by atoms with van der Waals surface area (Å²) in [5, 5.41) is 4.88. The van der Waals surface area contributed by atoms with Gasteiger partial charge in [-0.05, 0) is 30.3 Å². The Bertz CT molecular complexity index is 995. The lowest BCUT2D eigenvalue weighted by Gasteiger charge is -2.33. The maximum absolute atomic E-state index is 13.0. The first kappa shape index (κ1) is 24.8. The van der Waals surface area contributed by atoms with E-state index in [1.165, 1.54) is 6.07 Å². The molecule has 0 radical (unpaired) electrons. The van der Waals surface area contributed by atoms with Crippen LogP contribution in [0.25, 0.3) is 0 Å². The number of methoxy groups -OCH3 is 1. The van der Waals surface area contributed by atoms with E-state index in [1.54, 1.807) is 31.4 Å². The lowest BCUT2D eigenvalue weighted by molar-refractivity contribution is -0.137. The Labute approximate surface area is 194 Å². The largest absolute Gasteiger partial charge is 0.497 e. The van der Waals surface area contributed by atoms with Crippen LogP contribution in [0.4, 0.5) is 24.5 Å². The molecule has 2 aromatic rings. The average Bonchev–Trinajstić information content (AvgIpc) is 2.75. The van der Waals surface area contributed by atoms with E-state index < -0.39 is 22.7 Å². The maximum Gasteiger partial charge on any atom is 0.417 e. The van der Waals surface area contributed by atoms with Crippen LogP contribution in [0, 0.1) is 0 Å². The average molecular weight is 485 g/mol. The van der Waals surface area contributed by atoms with Crippen LogP contribution in [0.15, 0.2) is 42.5 Å². The normalized spacial score (nSPS) is 15.2. The highest BCUT2D eigenvalue weighted by atomic mass is 35.5. The number of nitrogens with one attached hydrogen (secondary N) is 2. The summed E-state index contributed by atoms with van der Waals surface area (Å²) in [7, 11) is 1.55. The van der Waals surface area contributed by atoms with Gasteiger partial charge in [0.25, 0.3) is 0 Å². The molecule has 1 heterocycles. The molecule has 0 aliphatic carbocycles. The van der Waals surface area contributed by atoms with Gasteiger partial charge in [0.05, 0.1) is 30.8 Å². The second-order valence-corrected chi connectivity index (χ2v) is 7.98. The molecule has 1 saturated heterocycles. The van der Waals surface area contributed by atoms with E-state index in [9.17, 15) is 22.8 Å². The Balaban J connectivity index is 1.43. The zero-order valence-corrected chi connectivity index (χ0v) is 18.7. The molecule has 0 bridgehead atoms. The van der Waals surface area contributed by atoms with Crippen molar-refractivity contribution >= 4 is 34.8 Å². The summed E-state index contributed by atoms with van der Waals surface area (Å²) in [6.07, 6.45) is -4.60. The Kier molecular flexibility index (Phi) is 8.17. The molecule has 7 nitrogen and oxygen atoms in total. The van der Waals surface area contributed by atoms with Crippen LogP contribution in [0.2, 0.25) is 5.02 Å². The number of carbonyl (C=O) groups excluding carboxylic acids is 2. The third-order valence-electron chi connectivity index (χ3n) is 5.11. The summed E-state index contributed by atoms with van der Waals surface area (Å²) in [6.45, 7) is 2.51. The van der Waals surface area contributed by atoms with Crippen LogP contribution in [-0.4, -0.2) is 68.0 Å². The standard InChI is InChI=1S/C22H24ClF3N4O3/c1-33-17-4-2-3-15(11-17)27-20(31)13-29-7-9-30(10-8-29)14-21(32)28-16-5-6-19(23)18(12-16)22(24,25)26/h2-6,11-12H,7-10,13-14H2,1H3,(H,27,31)(H,28,32). The molecule has 1 fully saturated rings. The predicted octanol–water partition coefficient (Wildman–Crippen LogP) is 3.56. The fraction of sp³-hybridized carbons (Fsp3) is 0.364. The van der Waals surface area contributed by atoms with Crippen LogP contribution in [0.1, 0.15) is 5.56 Å². The summed E-state index contributed by atoms with van der Waals surface area (Å²) in [5.74, 6) is 0.0697. The van der Waals surface area contributed by atoms with Crippen molar-refractivity contribution in [3.63, 3.8) is 0 Å². The van der Waals surface area contributed by atoms with Crippen molar-refractivity contribution in [3.8, 4) is 5.75 Å². The lowest BCUT2D eigenvalue weighted by Crippen LogP contribution is -2.50. The van der Waals surface area contributed by atoms with Gasteiger partial charge in [-0.15, -0.1) is 0 Å². The van der Waals surface area contributed by atoms with Crippen molar-refractivity contribution in [1.29, 1.82) is 0 Å². The molecule has 0 saturated carbocycles. The number of rotatable bonds is 7. The number of carbonyl (C=O) groups is 2. The molecule has 11 heteroatoms. The minimum atomic E-state index is -4.60. The fourth-order valence-corrected chi connectivity index (χ4v) is 3.66. The molecule has 0 unspecified atom stereocenters. The van der Waals surface area contributed by atoms with Crippen molar-refractivity contribution in [1.82, 2.24) is 9.80 Å². The smallest absolute Gasteiger partial charge is 0.417 e. The highest BCUT2D eigenvalue weighted by molar-refractivity contribution is 6.31. The number of nitrogens with zero attached hydrogens (tertiary/aromatic N) is 2. The van der Waals surface area contributed by atoms with E-state index in [2.05, 4.69) is 10.6 Å². The van der Waals surface area contributed by atoms with Crippen LogP contribution < -0.4 is 15.4 Å². The van der Waals surface area contributed by atoms with Gasteiger partial charge in [-0.25, -0.2) is 0 Å². The number of piperazine rings is 1. The molecule has 2 amide bonds. The summed E-state index contributed by atoms with van der Waals surface area (Å²) in [6, 6.07) is 10.3. The first-order valence-corrected chi connectivity index (χ1v) is 10.6. The van der Waals surface area contributed by atoms with E-state index in [0.29, 0.717) is 37.6 Å². The van der Waals surface area contributed by atoms with Crippen LogP contribution >= 0.6 is 11.6 Å². The van der Waals surface area contributed by atoms with E-state index in [4.69, 9.17) is 16.3 Å². The van der Waals surface area contributed by atoms with Crippen molar-refractivity contribution in [2.45, 2.75) is 6.18 Å². The van der Waals surface area contributed by atoms with E-state index >= 15 is 0 Å². The first-order chi connectivity index (χ1) is 15.6. The number of benzene rings is 2. The van der Waals surface area contributed by atoms with Gasteiger partial charge >= 0.3 is 6.18 Å². The van der Waals surface area contributed by atoms with Crippen LogP contribution in [0.5, 0.6) is 5.75 Å². The molecule has 0 aromatic heterocycles. The van der Waals surface area contributed by atoms with Gasteiger partial charge in [-0.3, -0.25) is 19.4 Å². The molecule has 3 rings (SSSR count). The summed E-state index contributed by atoms with van der Waals surface area (Å²) in [5.41, 5.74) is -0.321. The molecular weight excluding hydrogens is 461 g/mol. The van der Waals surface area contributed by atoms with E-state index in [-0.39, 0.29) is 24.7 Å². The Hall–Kier alpha value is -2.82. The number of ether oxygens (including phenoxy) is 1. The van der Waals surface area contributed by atoms with Crippen molar-refractivity contribution < 1.29 is 27.5 Å². The minimum absolute atomic E-state index is 0.0320. The lowest BCUT2D eigenvalue weighted by atomic mass is 10.2. The van der Waals surface area contributed by atoms with Gasteiger partial charge in [-0.2, -0.15) is 13.2 Å². The van der Waals surface area contributed by atoms with Gasteiger partial charge in [-0.1, -0.05) is 17.7 Å². The van der Waals surface area contributed by atoms with E-state index in [0.717, 1.165) is 12.1 Å². The number of amides is 2. The molecule has 2 aromatic carbocycles. The number of alkyl halides is 3. The molecule has 178 valence electrons. The Morgan fingerprint density at radius 2 is 1.48 bits per heavy atom. The number of hydrogen-bond acceptors (Lipinski definition) is 5. The zero-order valence-electron chi connectivity index (χ0n) is 17.9. The topological polar surface area (TPSA) is 73.9 Å². The zero-order chi connectivity index (χ0) is 24.0. The first-order valence-electron chi connectivity index (χ1n) is 10.2. The molecule has 0 spiro atoms. The predicted molar refractivity (Wildman–Crippen MR) is 120 cm³/mol. The SMILES string of the molecule is COc1cccc(NC(=O)CN2CCN(CC(=O)Nc3ccc(Cl)c(C(F)(F)F)c3)CC2)c1. The molecule has 1 aliphatic rings. The number of anilines is 2. The second-order valence-electron chi connectivity index (χ2n) is 7.57. The Morgan fingerprint density at radius 1 is 0.939 bits per heavy atom. The molecular formula is C22H24ClF3N4O3. The molecule has 33 heavy (non-hydrogen) atoms. The quantitative estimate of drug-likeness (QED) is 0.628. The number of hydrogen-bond donors (Lipinski definition) is 2. The van der Waals surface area contributed by atoms with Gasteiger partial charge in [0.2, 0.25) is 11.8 Å². The van der Waals surface area contributed by atoms with Crippen LogP contribution in [0.3, 0.4) is 0 Å². The molecule has 0 atom stereocenters. The molecule has 1 aliphatic heterocycles. The summed E-state index contributed by atoms with van der Waals surface area (Å²) >= 11 is 5.60. The van der Waals surface area contributed by atoms with Crippen molar-refractivity contribution in [2.75, 3.05) is 57.0 Å². The third kappa shape index (κ3) is 7.34. The van der Waals surface area contributed by atoms with Crippen LogP contribution in [-0.2, 0) is 15.8 Å². The monoisotopic (exact) mass is 484 g/mol. The van der Waals surface area contributed by atoms with Gasteiger partial charge < -0.3 is 15.4 Å². The summed E-state index contributed by atoms with van der Waals surface area (Å²) in [4.78, 5) is 28.4. The third-order valence-corrected chi connectivity index (χ3v) is 5.44. The second kappa shape index (κ2) is 10.9. The fourth-order valence-electron chi connectivity index (χ4n) is 3.43. The summed E-state index contributed by atoms with van der Waals surface area (Å²) < 4.78 is 44.1. The van der Waals surface area contributed by atoms with E-state index in [1.807, 2.05) is 9.80 Å². The maximum atomic E-state index is 13.0. The molecule has 2 N–H and O–H groups in total. The van der Waals surface area contributed by atoms with Gasteiger partial charge in [0.1, 0.15) is 5.75 Å². The minimum Gasteiger partial charge on any atom is -0.497 e.